The van der Waals surface area contributed by atoms with Crippen LogP contribution in [0.4, 0.5) is 0 Å². The predicted octanol–water partition coefficient (Wildman–Crippen LogP) is 2.06. The van der Waals surface area contributed by atoms with Crippen molar-refractivity contribution in [1.29, 1.82) is 0 Å². The molecule has 1 N–H and O–H groups in total. The molecule has 1 rings (SSSR count). The van der Waals surface area contributed by atoms with Gasteiger partial charge in [0.1, 0.15) is 0 Å². The van der Waals surface area contributed by atoms with Gasteiger partial charge in [0.2, 0.25) is 0 Å². The lowest BCUT2D eigenvalue weighted by Gasteiger charge is -2.15. The molecule has 1 aliphatic carbocycles. The summed E-state index contributed by atoms with van der Waals surface area (Å²) in [4.78, 5) is 10.8. The summed E-state index contributed by atoms with van der Waals surface area (Å²) in [5.74, 6) is 2.78. The van der Waals surface area contributed by atoms with Gasteiger partial charge in [-0.05, 0) is 25.2 Å². The molecule has 1 aliphatic rings. The van der Waals surface area contributed by atoms with E-state index in [1.165, 1.54) is 26.4 Å². The largest absolute Gasteiger partial charge is 0.469 e. The summed E-state index contributed by atoms with van der Waals surface area (Å²) >= 11 is 1.82. The van der Waals surface area contributed by atoms with Crippen molar-refractivity contribution in [3.63, 3.8) is 0 Å². The molecule has 0 aromatic rings. The molecule has 0 aliphatic heterocycles. The minimum absolute atomic E-state index is 0.107. The van der Waals surface area contributed by atoms with Gasteiger partial charge in [-0.1, -0.05) is 6.92 Å². The molecule has 16 heavy (non-hydrogen) atoms. The first-order valence-corrected chi connectivity index (χ1v) is 7.31. The SMILES string of the molecule is CCC(NCCSCCC(=O)OC)C1CC1. The molecule has 1 fully saturated rings. The smallest absolute Gasteiger partial charge is 0.306 e. The molecule has 3 nitrogen and oxygen atoms in total. The van der Waals surface area contributed by atoms with Gasteiger partial charge in [0.25, 0.3) is 0 Å². The number of nitrogens with one attached hydrogen (secondary N) is 1. The minimum Gasteiger partial charge on any atom is -0.469 e. The molecule has 0 spiro atoms. The monoisotopic (exact) mass is 245 g/mol. The quantitative estimate of drug-likeness (QED) is 0.498. The normalized spacial score (nSPS) is 17.1. The third-order valence-corrected chi connectivity index (χ3v) is 3.95. The Hall–Kier alpha value is -0.220. The van der Waals surface area contributed by atoms with E-state index in [0.29, 0.717) is 6.42 Å². The molecular weight excluding hydrogens is 222 g/mol. The van der Waals surface area contributed by atoms with E-state index in [-0.39, 0.29) is 5.97 Å². The topological polar surface area (TPSA) is 38.3 Å². The zero-order valence-corrected chi connectivity index (χ0v) is 11.1. The molecule has 1 unspecified atom stereocenters. The van der Waals surface area contributed by atoms with Crippen LogP contribution < -0.4 is 5.32 Å². The number of carbonyl (C=O) groups excluding carboxylic acids is 1. The molecule has 0 bridgehead atoms. The highest BCUT2D eigenvalue weighted by molar-refractivity contribution is 7.99. The lowest BCUT2D eigenvalue weighted by atomic mass is 10.1. The van der Waals surface area contributed by atoms with Crippen LogP contribution in [-0.2, 0) is 9.53 Å². The molecule has 0 aromatic heterocycles. The molecule has 0 aromatic carbocycles. The number of carbonyl (C=O) groups is 1. The van der Waals surface area contributed by atoms with Crippen molar-refractivity contribution in [3.05, 3.63) is 0 Å². The van der Waals surface area contributed by atoms with Crippen molar-refractivity contribution in [2.75, 3.05) is 25.2 Å². The second kappa shape index (κ2) is 7.96. The van der Waals surface area contributed by atoms with Crippen molar-refractivity contribution >= 4 is 17.7 Å². The Bertz CT molecular complexity index is 207. The van der Waals surface area contributed by atoms with Gasteiger partial charge in [-0.15, -0.1) is 0 Å². The Morgan fingerprint density at radius 1 is 1.50 bits per heavy atom. The van der Waals surface area contributed by atoms with Crippen molar-refractivity contribution in [3.8, 4) is 0 Å². The average molecular weight is 245 g/mol. The maximum absolute atomic E-state index is 10.8. The van der Waals surface area contributed by atoms with Crippen LogP contribution in [-0.4, -0.2) is 37.2 Å². The van der Waals surface area contributed by atoms with Crippen LogP contribution in [0.2, 0.25) is 0 Å². The number of hydrogen-bond donors (Lipinski definition) is 1. The summed E-state index contributed by atoms with van der Waals surface area (Å²) in [6, 6.07) is 0.723. The number of thioether (sulfide) groups is 1. The summed E-state index contributed by atoms with van der Waals surface area (Å²) < 4.78 is 4.58. The van der Waals surface area contributed by atoms with Crippen LogP contribution in [0, 0.1) is 5.92 Å². The molecular formula is C12H23NO2S. The molecule has 0 radical (unpaired) electrons. The fourth-order valence-electron chi connectivity index (χ4n) is 1.82. The number of hydrogen-bond acceptors (Lipinski definition) is 4. The highest BCUT2D eigenvalue weighted by Gasteiger charge is 2.29. The van der Waals surface area contributed by atoms with E-state index in [0.717, 1.165) is 30.0 Å². The molecule has 1 saturated carbocycles. The maximum atomic E-state index is 10.8. The maximum Gasteiger partial charge on any atom is 0.306 e. The molecule has 1 atom stereocenters. The number of esters is 1. The Morgan fingerprint density at radius 3 is 2.81 bits per heavy atom. The van der Waals surface area contributed by atoms with Gasteiger partial charge >= 0.3 is 5.97 Å². The summed E-state index contributed by atoms with van der Waals surface area (Å²) in [6.45, 7) is 3.31. The van der Waals surface area contributed by atoms with Gasteiger partial charge in [-0.3, -0.25) is 4.79 Å². The zero-order chi connectivity index (χ0) is 11.8. The average Bonchev–Trinajstić information content (AvgIpc) is 3.12. The van der Waals surface area contributed by atoms with E-state index in [9.17, 15) is 4.79 Å². The van der Waals surface area contributed by atoms with E-state index in [4.69, 9.17) is 0 Å². The van der Waals surface area contributed by atoms with E-state index < -0.39 is 0 Å². The standard InChI is InChI=1S/C12H23NO2S/c1-3-11(10-4-5-10)13-7-9-16-8-6-12(14)15-2/h10-11,13H,3-9H2,1-2H3. The van der Waals surface area contributed by atoms with Gasteiger partial charge in [0.05, 0.1) is 13.5 Å². The molecule has 0 heterocycles. The summed E-state index contributed by atoms with van der Waals surface area (Å²) in [7, 11) is 1.44. The van der Waals surface area contributed by atoms with Crippen LogP contribution in [0.15, 0.2) is 0 Å². The highest BCUT2D eigenvalue weighted by atomic mass is 32.2. The van der Waals surface area contributed by atoms with E-state index in [1.807, 2.05) is 11.8 Å². The third kappa shape index (κ3) is 5.75. The van der Waals surface area contributed by atoms with Crippen LogP contribution in [0.25, 0.3) is 0 Å². The first-order chi connectivity index (χ1) is 7.77. The van der Waals surface area contributed by atoms with Crippen molar-refractivity contribution in [1.82, 2.24) is 5.32 Å². The van der Waals surface area contributed by atoms with Gasteiger partial charge in [0, 0.05) is 24.1 Å². The third-order valence-electron chi connectivity index (χ3n) is 2.96. The fourth-order valence-corrected chi connectivity index (χ4v) is 2.60. The molecule has 0 amide bonds. The molecule has 0 saturated heterocycles. The first kappa shape index (κ1) is 13.8. The Balaban J connectivity index is 1.89. The predicted molar refractivity (Wildman–Crippen MR) is 68.8 cm³/mol. The van der Waals surface area contributed by atoms with Crippen LogP contribution in [0.3, 0.4) is 0 Å². The Kier molecular flexibility index (Phi) is 6.88. The van der Waals surface area contributed by atoms with E-state index >= 15 is 0 Å². The fraction of sp³-hybridized carbons (Fsp3) is 0.917. The van der Waals surface area contributed by atoms with Crippen LogP contribution in [0.1, 0.15) is 32.6 Å². The number of methoxy groups -OCH3 is 1. The van der Waals surface area contributed by atoms with E-state index in [1.54, 1.807) is 0 Å². The minimum atomic E-state index is -0.107. The summed E-state index contributed by atoms with van der Waals surface area (Å²) in [5, 5.41) is 3.60. The van der Waals surface area contributed by atoms with Crippen molar-refractivity contribution < 1.29 is 9.53 Å². The number of rotatable bonds is 9. The lowest BCUT2D eigenvalue weighted by Crippen LogP contribution is -2.32. The van der Waals surface area contributed by atoms with Gasteiger partial charge < -0.3 is 10.1 Å². The first-order valence-electron chi connectivity index (χ1n) is 6.15. The summed E-state index contributed by atoms with van der Waals surface area (Å²) in [5.41, 5.74) is 0. The number of ether oxygens (including phenoxy) is 1. The van der Waals surface area contributed by atoms with Gasteiger partial charge in [-0.2, -0.15) is 11.8 Å². The van der Waals surface area contributed by atoms with Gasteiger partial charge in [-0.25, -0.2) is 0 Å². The lowest BCUT2D eigenvalue weighted by molar-refractivity contribution is -0.140. The van der Waals surface area contributed by atoms with Gasteiger partial charge in [0.15, 0.2) is 0 Å². The Morgan fingerprint density at radius 2 is 2.25 bits per heavy atom. The highest BCUT2D eigenvalue weighted by Crippen LogP contribution is 2.33. The van der Waals surface area contributed by atoms with E-state index in [2.05, 4.69) is 17.0 Å². The zero-order valence-electron chi connectivity index (χ0n) is 10.3. The molecule has 4 heteroatoms. The second-order valence-electron chi connectivity index (χ2n) is 4.24. The summed E-state index contributed by atoms with van der Waals surface area (Å²) in [6.07, 6.45) is 4.57. The van der Waals surface area contributed by atoms with Crippen LogP contribution in [0.5, 0.6) is 0 Å². The van der Waals surface area contributed by atoms with Crippen molar-refractivity contribution in [2.45, 2.75) is 38.6 Å². The molecule has 94 valence electrons. The second-order valence-corrected chi connectivity index (χ2v) is 5.47. The van der Waals surface area contributed by atoms with Crippen molar-refractivity contribution in [2.24, 2.45) is 5.92 Å². The Labute approximate surface area is 103 Å². The van der Waals surface area contributed by atoms with Crippen LogP contribution >= 0.6 is 11.8 Å².